The van der Waals surface area contributed by atoms with Crippen LogP contribution in [0.3, 0.4) is 0 Å². The van der Waals surface area contributed by atoms with Gasteiger partial charge in [-0.2, -0.15) is 0 Å². The molecule has 0 fully saturated rings. The largest absolute Gasteiger partial charge is 0.377 e. The van der Waals surface area contributed by atoms with E-state index in [9.17, 15) is 8.42 Å². The van der Waals surface area contributed by atoms with Crippen molar-refractivity contribution in [2.75, 3.05) is 13.2 Å². The van der Waals surface area contributed by atoms with Crippen molar-refractivity contribution in [3.8, 4) is 0 Å². The highest BCUT2D eigenvalue weighted by molar-refractivity contribution is 7.90. The SMILES string of the molecule is Cc1ccc(S(=O)(=O)n2cccc2C2=CCOCC2)cc1. The fourth-order valence-corrected chi connectivity index (χ4v) is 3.78. The van der Waals surface area contributed by atoms with Crippen molar-refractivity contribution in [3.63, 3.8) is 0 Å². The number of aromatic nitrogens is 1. The van der Waals surface area contributed by atoms with E-state index in [1.807, 2.05) is 31.2 Å². The topological polar surface area (TPSA) is 48.3 Å². The maximum Gasteiger partial charge on any atom is 0.268 e. The molecule has 21 heavy (non-hydrogen) atoms. The van der Waals surface area contributed by atoms with E-state index in [0.29, 0.717) is 18.1 Å². The minimum Gasteiger partial charge on any atom is -0.377 e. The maximum atomic E-state index is 12.8. The molecule has 0 aliphatic carbocycles. The Morgan fingerprint density at radius 2 is 1.90 bits per heavy atom. The van der Waals surface area contributed by atoms with Gasteiger partial charge in [0, 0.05) is 6.20 Å². The number of ether oxygens (including phenoxy) is 1. The van der Waals surface area contributed by atoms with Crippen molar-refractivity contribution >= 4 is 15.6 Å². The third-order valence-electron chi connectivity index (χ3n) is 3.58. The summed E-state index contributed by atoms with van der Waals surface area (Å²) in [7, 11) is -3.56. The molecule has 1 aromatic heterocycles. The molecule has 0 atom stereocenters. The molecule has 0 radical (unpaired) electrons. The highest BCUT2D eigenvalue weighted by Crippen LogP contribution is 2.25. The third-order valence-corrected chi connectivity index (χ3v) is 5.29. The van der Waals surface area contributed by atoms with Gasteiger partial charge in [0.2, 0.25) is 0 Å². The van der Waals surface area contributed by atoms with Crippen LogP contribution in [0.5, 0.6) is 0 Å². The van der Waals surface area contributed by atoms with E-state index in [1.54, 1.807) is 24.4 Å². The van der Waals surface area contributed by atoms with E-state index in [1.165, 1.54) is 3.97 Å². The highest BCUT2D eigenvalue weighted by atomic mass is 32.2. The zero-order chi connectivity index (χ0) is 14.9. The predicted molar refractivity (Wildman–Crippen MR) is 81.6 cm³/mol. The lowest BCUT2D eigenvalue weighted by atomic mass is 10.1. The first-order chi connectivity index (χ1) is 10.1. The molecule has 4 nitrogen and oxygen atoms in total. The molecule has 0 unspecified atom stereocenters. The van der Waals surface area contributed by atoms with Crippen molar-refractivity contribution in [1.29, 1.82) is 0 Å². The van der Waals surface area contributed by atoms with Crippen LogP contribution in [0, 0.1) is 6.92 Å². The summed E-state index contributed by atoms with van der Waals surface area (Å²) < 4.78 is 32.2. The van der Waals surface area contributed by atoms with E-state index in [0.717, 1.165) is 23.3 Å². The Bertz CT molecular complexity index is 770. The van der Waals surface area contributed by atoms with Gasteiger partial charge in [0.1, 0.15) is 0 Å². The van der Waals surface area contributed by atoms with Crippen molar-refractivity contribution in [2.24, 2.45) is 0 Å². The number of hydrogen-bond donors (Lipinski definition) is 0. The van der Waals surface area contributed by atoms with Crippen LogP contribution >= 0.6 is 0 Å². The van der Waals surface area contributed by atoms with Gasteiger partial charge >= 0.3 is 0 Å². The first-order valence-electron chi connectivity index (χ1n) is 6.86. The molecular formula is C16H17NO3S. The van der Waals surface area contributed by atoms with Crippen LogP contribution < -0.4 is 0 Å². The van der Waals surface area contributed by atoms with Crippen LogP contribution in [-0.2, 0) is 14.8 Å². The zero-order valence-corrected chi connectivity index (χ0v) is 12.6. The standard InChI is InChI=1S/C16H17NO3S/c1-13-4-6-15(7-5-13)21(18,19)17-10-2-3-16(17)14-8-11-20-12-9-14/h2-8,10H,9,11-12H2,1H3. The predicted octanol–water partition coefficient (Wildman–Crippen LogP) is 2.84. The van der Waals surface area contributed by atoms with Crippen LogP contribution in [0.15, 0.2) is 53.6 Å². The lowest BCUT2D eigenvalue weighted by Gasteiger charge is -2.16. The Labute approximate surface area is 124 Å². The molecule has 5 heteroatoms. The molecule has 0 amide bonds. The quantitative estimate of drug-likeness (QED) is 0.876. The van der Waals surface area contributed by atoms with Crippen molar-refractivity contribution in [3.05, 3.63) is 59.9 Å². The Morgan fingerprint density at radius 3 is 2.57 bits per heavy atom. The fourth-order valence-electron chi connectivity index (χ4n) is 2.41. The van der Waals surface area contributed by atoms with Crippen molar-refractivity contribution in [1.82, 2.24) is 3.97 Å². The van der Waals surface area contributed by atoms with E-state index in [2.05, 4.69) is 0 Å². The molecule has 2 aromatic rings. The minimum absolute atomic E-state index is 0.304. The zero-order valence-electron chi connectivity index (χ0n) is 11.8. The van der Waals surface area contributed by atoms with Gasteiger partial charge in [0.25, 0.3) is 10.0 Å². The first kappa shape index (κ1) is 14.1. The van der Waals surface area contributed by atoms with Gasteiger partial charge in [-0.1, -0.05) is 23.8 Å². The van der Waals surface area contributed by atoms with E-state index in [-0.39, 0.29) is 0 Å². The summed E-state index contributed by atoms with van der Waals surface area (Å²) in [6.45, 7) is 3.09. The average molecular weight is 303 g/mol. The summed E-state index contributed by atoms with van der Waals surface area (Å²) in [5, 5.41) is 0. The molecule has 0 saturated heterocycles. The van der Waals surface area contributed by atoms with Crippen LogP contribution in [-0.4, -0.2) is 25.6 Å². The van der Waals surface area contributed by atoms with Crippen molar-refractivity contribution < 1.29 is 13.2 Å². The second kappa shape index (κ2) is 5.50. The molecule has 3 rings (SSSR count). The molecule has 1 aromatic carbocycles. The fraction of sp³-hybridized carbons (Fsp3) is 0.250. The van der Waals surface area contributed by atoms with E-state index >= 15 is 0 Å². The molecule has 0 saturated carbocycles. The lowest BCUT2D eigenvalue weighted by molar-refractivity contribution is 0.161. The smallest absolute Gasteiger partial charge is 0.268 e. The number of rotatable bonds is 3. The number of nitrogens with zero attached hydrogens (tertiary/aromatic N) is 1. The summed E-state index contributed by atoms with van der Waals surface area (Å²) >= 11 is 0. The Balaban J connectivity index is 2.06. The molecule has 2 heterocycles. The summed E-state index contributed by atoms with van der Waals surface area (Å²) in [6, 6.07) is 10.5. The van der Waals surface area contributed by atoms with Crippen molar-refractivity contribution in [2.45, 2.75) is 18.2 Å². The monoisotopic (exact) mass is 303 g/mol. The van der Waals surface area contributed by atoms with Gasteiger partial charge in [-0.3, -0.25) is 0 Å². The van der Waals surface area contributed by atoms with Gasteiger partial charge in [-0.05, 0) is 43.2 Å². The summed E-state index contributed by atoms with van der Waals surface area (Å²) in [5.74, 6) is 0. The van der Waals surface area contributed by atoms with Gasteiger partial charge in [0.05, 0.1) is 23.8 Å². The normalized spacial score (nSPS) is 15.8. The summed E-state index contributed by atoms with van der Waals surface area (Å²) in [5.41, 5.74) is 2.77. The Morgan fingerprint density at radius 1 is 1.14 bits per heavy atom. The lowest BCUT2D eigenvalue weighted by Crippen LogP contribution is -2.16. The van der Waals surface area contributed by atoms with Gasteiger partial charge in [-0.25, -0.2) is 12.4 Å². The summed E-state index contributed by atoms with van der Waals surface area (Å²) in [4.78, 5) is 0.304. The first-order valence-corrected chi connectivity index (χ1v) is 8.30. The average Bonchev–Trinajstić information content (AvgIpc) is 2.99. The minimum atomic E-state index is -3.56. The van der Waals surface area contributed by atoms with Gasteiger partial charge < -0.3 is 4.74 Å². The third kappa shape index (κ3) is 2.66. The van der Waals surface area contributed by atoms with Crippen LogP contribution in [0.1, 0.15) is 17.7 Å². The molecule has 1 aliphatic rings. The summed E-state index contributed by atoms with van der Waals surface area (Å²) in [6.07, 6.45) is 4.27. The molecule has 0 bridgehead atoms. The number of hydrogen-bond acceptors (Lipinski definition) is 3. The highest BCUT2D eigenvalue weighted by Gasteiger charge is 2.21. The Hall–Kier alpha value is -1.85. The molecule has 0 spiro atoms. The maximum absolute atomic E-state index is 12.8. The number of benzene rings is 1. The second-order valence-corrected chi connectivity index (χ2v) is 6.88. The van der Waals surface area contributed by atoms with Crippen LogP contribution in [0.4, 0.5) is 0 Å². The molecule has 110 valence electrons. The van der Waals surface area contributed by atoms with Crippen LogP contribution in [0.2, 0.25) is 0 Å². The second-order valence-electron chi connectivity index (χ2n) is 5.06. The molecular weight excluding hydrogens is 286 g/mol. The van der Waals surface area contributed by atoms with Gasteiger partial charge in [0.15, 0.2) is 0 Å². The Kier molecular flexibility index (Phi) is 3.69. The van der Waals surface area contributed by atoms with Crippen LogP contribution in [0.25, 0.3) is 5.57 Å². The molecule has 1 aliphatic heterocycles. The van der Waals surface area contributed by atoms with E-state index < -0.39 is 10.0 Å². The molecule has 0 N–H and O–H groups in total. The number of aryl methyl sites for hydroxylation is 1. The van der Waals surface area contributed by atoms with Gasteiger partial charge in [-0.15, -0.1) is 0 Å². The van der Waals surface area contributed by atoms with E-state index in [4.69, 9.17) is 4.74 Å².